The zero-order valence-corrected chi connectivity index (χ0v) is 12.6. The number of nitrogen functional groups attached to an aromatic ring is 1. The average Bonchev–Trinajstić information content (AvgIpc) is 2.47. The molecule has 0 spiro atoms. The van der Waals surface area contributed by atoms with Crippen molar-refractivity contribution in [2.75, 3.05) is 25.7 Å². The number of pyridine rings is 1. The van der Waals surface area contributed by atoms with E-state index in [0.29, 0.717) is 24.5 Å². The fourth-order valence-corrected chi connectivity index (χ4v) is 2.12. The fourth-order valence-electron chi connectivity index (χ4n) is 2.12. The van der Waals surface area contributed by atoms with E-state index in [4.69, 9.17) is 10.6 Å². The van der Waals surface area contributed by atoms with Crippen LogP contribution in [0, 0.1) is 0 Å². The van der Waals surface area contributed by atoms with Crippen molar-refractivity contribution in [1.82, 2.24) is 9.88 Å². The lowest BCUT2D eigenvalue weighted by Gasteiger charge is -2.27. The van der Waals surface area contributed by atoms with Crippen LogP contribution in [0.4, 0.5) is 5.82 Å². The normalized spacial score (nSPS) is 12.1. The number of nitrogens with one attached hydrogen (secondary N) is 1. The van der Waals surface area contributed by atoms with Gasteiger partial charge in [0, 0.05) is 24.9 Å². The number of hydrogen-bond donors (Lipinski definition) is 2. The average molecular weight is 280 g/mol. The topological polar surface area (TPSA) is 80.5 Å². The molecule has 0 aliphatic rings. The van der Waals surface area contributed by atoms with Crippen LogP contribution >= 0.6 is 0 Å². The molecular formula is C14H24N4O2. The van der Waals surface area contributed by atoms with Gasteiger partial charge in [-0.25, -0.2) is 10.8 Å². The second kappa shape index (κ2) is 7.81. The van der Waals surface area contributed by atoms with Crippen molar-refractivity contribution in [2.24, 2.45) is 5.84 Å². The monoisotopic (exact) mass is 280 g/mol. The highest BCUT2D eigenvalue weighted by Gasteiger charge is 2.20. The van der Waals surface area contributed by atoms with E-state index < -0.39 is 0 Å². The molecule has 0 aliphatic carbocycles. The predicted molar refractivity (Wildman–Crippen MR) is 79.5 cm³/mol. The second-order valence-electron chi connectivity index (χ2n) is 4.63. The van der Waals surface area contributed by atoms with Gasteiger partial charge in [-0.3, -0.25) is 4.79 Å². The number of likely N-dealkylation sites (N-methyl/N-ethyl adjacent to an activating group) is 1. The first kappa shape index (κ1) is 16.4. The van der Waals surface area contributed by atoms with Gasteiger partial charge in [0.1, 0.15) is 5.82 Å². The van der Waals surface area contributed by atoms with Crippen LogP contribution in [0.3, 0.4) is 0 Å². The van der Waals surface area contributed by atoms with Crippen molar-refractivity contribution in [3.8, 4) is 0 Å². The van der Waals surface area contributed by atoms with Gasteiger partial charge >= 0.3 is 0 Å². The first-order valence-electron chi connectivity index (χ1n) is 6.84. The molecule has 1 heterocycles. The Morgan fingerprint density at radius 1 is 1.50 bits per heavy atom. The van der Waals surface area contributed by atoms with Crippen LogP contribution in [0.1, 0.15) is 36.8 Å². The van der Waals surface area contributed by atoms with E-state index in [2.05, 4.69) is 10.4 Å². The molecule has 1 atom stereocenters. The number of ether oxygens (including phenoxy) is 1. The van der Waals surface area contributed by atoms with Crippen LogP contribution in [0.25, 0.3) is 0 Å². The summed E-state index contributed by atoms with van der Waals surface area (Å²) in [5.74, 6) is 5.87. The van der Waals surface area contributed by atoms with Gasteiger partial charge in [-0.05, 0) is 32.4 Å². The molecule has 0 fully saturated rings. The van der Waals surface area contributed by atoms with Crippen LogP contribution in [0.2, 0.25) is 0 Å². The van der Waals surface area contributed by atoms with Crippen LogP contribution in [-0.2, 0) is 11.2 Å². The van der Waals surface area contributed by atoms with E-state index in [1.165, 1.54) is 0 Å². The molecule has 1 aromatic heterocycles. The Morgan fingerprint density at radius 3 is 2.70 bits per heavy atom. The Hall–Kier alpha value is -1.66. The van der Waals surface area contributed by atoms with Crippen molar-refractivity contribution in [3.05, 3.63) is 23.4 Å². The summed E-state index contributed by atoms with van der Waals surface area (Å²) in [5, 5.41) is 0. The van der Waals surface area contributed by atoms with Gasteiger partial charge in [-0.2, -0.15) is 0 Å². The van der Waals surface area contributed by atoms with Crippen LogP contribution < -0.4 is 11.3 Å². The number of rotatable bonds is 7. The summed E-state index contributed by atoms with van der Waals surface area (Å²) in [6, 6.07) is 3.50. The number of nitrogens with zero attached hydrogens (tertiary/aromatic N) is 2. The van der Waals surface area contributed by atoms with Gasteiger partial charge in [0.25, 0.3) is 5.91 Å². The summed E-state index contributed by atoms with van der Waals surface area (Å²) >= 11 is 0. The molecule has 0 aliphatic heterocycles. The number of amides is 1. The van der Waals surface area contributed by atoms with E-state index in [1.54, 1.807) is 18.1 Å². The number of anilines is 1. The van der Waals surface area contributed by atoms with Crippen molar-refractivity contribution in [2.45, 2.75) is 33.2 Å². The molecule has 0 saturated carbocycles. The molecule has 1 rings (SSSR count). The minimum Gasteiger partial charge on any atom is -0.383 e. The van der Waals surface area contributed by atoms with Gasteiger partial charge in [0.15, 0.2) is 0 Å². The lowest BCUT2D eigenvalue weighted by atomic mass is 10.1. The Bertz CT molecular complexity index is 429. The largest absolute Gasteiger partial charge is 0.383 e. The highest BCUT2D eigenvalue weighted by molar-refractivity contribution is 5.95. The number of hydrazine groups is 1. The third-order valence-electron chi connectivity index (χ3n) is 3.18. The van der Waals surface area contributed by atoms with Gasteiger partial charge in [0.05, 0.1) is 12.6 Å². The summed E-state index contributed by atoms with van der Waals surface area (Å²) in [6.07, 6.45) is 0.746. The minimum absolute atomic E-state index is 0.0185. The Kier molecular flexibility index (Phi) is 6.41. The molecule has 1 unspecified atom stereocenters. The zero-order valence-electron chi connectivity index (χ0n) is 12.6. The second-order valence-corrected chi connectivity index (χ2v) is 4.63. The zero-order chi connectivity index (χ0) is 15.1. The fraction of sp³-hybridized carbons (Fsp3) is 0.571. The van der Waals surface area contributed by atoms with E-state index in [0.717, 1.165) is 12.1 Å². The van der Waals surface area contributed by atoms with E-state index >= 15 is 0 Å². The van der Waals surface area contributed by atoms with E-state index in [-0.39, 0.29) is 11.9 Å². The van der Waals surface area contributed by atoms with Crippen molar-refractivity contribution in [3.63, 3.8) is 0 Å². The molecule has 6 heteroatoms. The molecule has 0 radical (unpaired) electrons. The Morgan fingerprint density at radius 2 is 2.20 bits per heavy atom. The lowest BCUT2D eigenvalue weighted by Crippen LogP contribution is -2.41. The van der Waals surface area contributed by atoms with Gasteiger partial charge in [-0.15, -0.1) is 0 Å². The number of carbonyl (C=O) groups is 1. The molecule has 0 aromatic carbocycles. The standard InChI is InChI=1S/C14H24N4O2/c1-5-12-7-11(8-13(16-12)17-15)14(19)18(6-2)10(3)9-20-4/h7-8,10H,5-6,9,15H2,1-4H3,(H,16,17). The molecular weight excluding hydrogens is 256 g/mol. The van der Waals surface area contributed by atoms with Gasteiger partial charge in [-0.1, -0.05) is 6.92 Å². The number of hydrogen-bond acceptors (Lipinski definition) is 5. The van der Waals surface area contributed by atoms with E-state index in [1.807, 2.05) is 26.8 Å². The van der Waals surface area contributed by atoms with Gasteiger partial charge in [0.2, 0.25) is 0 Å². The highest BCUT2D eigenvalue weighted by Crippen LogP contribution is 2.14. The van der Waals surface area contributed by atoms with Crippen LogP contribution in [0.15, 0.2) is 12.1 Å². The number of aryl methyl sites for hydroxylation is 1. The maximum Gasteiger partial charge on any atom is 0.254 e. The Balaban J connectivity index is 3.05. The predicted octanol–water partition coefficient (Wildman–Crippen LogP) is 1.43. The Labute approximate surface area is 120 Å². The number of carbonyl (C=O) groups excluding carboxylic acids is 1. The number of nitrogens with two attached hydrogens (primary N) is 1. The smallest absolute Gasteiger partial charge is 0.254 e. The molecule has 20 heavy (non-hydrogen) atoms. The molecule has 0 bridgehead atoms. The van der Waals surface area contributed by atoms with Crippen LogP contribution in [-0.4, -0.2) is 42.1 Å². The lowest BCUT2D eigenvalue weighted by molar-refractivity contribution is 0.0579. The van der Waals surface area contributed by atoms with Crippen LogP contribution in [0.5, 0.6) is 0 Å². The highest BCUT2D eigenvalue weighted by atomic mass is 16.5. The molecule has 1 aromatic rings. The van der Waals surface area contributed by atoms with Crippen molar-refractivity contribution >= 4 is 11.7 Å². The summed E-state index contributed by atoms with van der Waals surface area (Å²) < 4.78 is 5.12. The summed E-state index contributed by atoms with van der Waals surface area (Å²) in [4.78, 5) is 18.7. The third-order valence-corrected chi connectivity index (χ3v) is 3.18. The molecule has 1 amide bonds. The number of aromatic nitrogens is 1. The maximum absolute atomic E-state index is 12.6. The van der Waals surface area contributed by atoms with Gasteiger partial charge < -0.3 is 15.1 Å². The maximum atomic E-state index is 12.6. The molecule has 3 N–H and O–H groups in total. The number of methoxy groups -OCH3 is 1. The first-order chi connectivity index (χ1) is 9.57. The summed E-state index contributed by atoms with van der Waals surface area (Å²) in [5.41, 5.74) is 3.93. The third kappa shape index (κ3) is 3.91. The molecule has 0 saturated heterocycles. The summed E-state index contributed by atoms with van der Waals surface area (Å²) in [6.45, 7) is 7.04. The van der Waals surface area contributed by atoms with Crippen molar-refractivity contribution < 1.29 is 9.53 Å². The minimum atomic E-state index is -0.0364. The SMILES string of the molecule is CCc1cc(C(=O)N(CC)C(C)COC)cc(NN)n1. The first-order valence-corrected chi connectivity index (χ1v) is 6.84. The molecule has 112 valence electrons. The van der Waals surface area contributed by atoms with E-state index in [9.17, 15) is 4.79 Å². The summed E-state index contributed by atoms with van der Waals surface area (Å²) in [7, 11) is 1.63. The molecule has 6 nitrogen and oxygen atoms in total. The van der Waals surface area contributed by atoms with Crippen molar-refractivity contribution in [1.29, 1.82) is 0 Å². The quantitative estimate of drug-likeness (QED) is 0.583.